The van der Waals surface area contributed by atoms with Gasteiger partial charge in [-0.05, 0) is 241 Å². The summed E-state index contributed by atoms with van der Waals surface area (Å²) in [5, 5.41) is 0. The van der Waals surface area contributed by atoms with Crippen LogP contribution in [0.4, 0.5) is 0 Å². The monoisotopic (exact) mass is 1640 g/mol. The third kappa shape index (κ3) is 14.4. The summed E-state index contributed by atoms with van der Waals surface area (Å²) < 4.78 is 210. The molecule has 0 spiro atoms. The van der Waals surface area contributed by atoms with Crippen molar-refractivity contribution in [3.05, 3.63) is 251 Å². The van der Waals surface area contributed by atoms with Crippen LogP contribution in [-0.4, -0.2) is 118 Å². The number of hydrogen-bond acceptors (Lipinski definition) is 16. The molecule has 16 bridgehead atoms. The zero-order valence-electron chi connectivity index (χ0n) is 58.9. The van der Waals surface area contributed by atoms with Crippen molar-refractivity contribution >= 4 is 153 Å². The fourth-order valence-electron chi connectivity index (χ4n) is 15.5. The molecule has 572 valence electrons. The Morgan fingerprint density at radius 2 is 0.465 bits per heavy atom. The van der Waals surface area contributed by atoms with Crippen LogP contribution in [0, 0.1) is 5.92 Å². The average Bonchev–Trinajstić information content (AvgIpc) is 1.59. The van der Waals surface area contributed by atoms with Crippen molar-refractivity contribution in [2.45, 2.75) is 61.0 Å². The first-order chi connectivity index (χ1) is 54.2. The molecule has 0 amide bonds. The highest BCUT2D eigenvalue weighted by Gasteiger charge is 2.32. The number of aromatic nitrogens is 8. The Kier molecular flexibility index (Phi) is 18.3. The van der Waals surface area contributed by atoms with Crippen LogP contribution in [0.25, 0.3) is 160 Å². The third-order valence-corrected chi connectivity index (χ3v) is 26.0. The minimum Gasteiger partial charge on any atom is -0.355 e. The molecule has 0 saturated heterocycles. The summed E-state index contributed by atoms with van der Waals surface area (Å²) in [5.74, 6) is -0.362. The molecule has 10 N–H and O–H groups in total. The van der Waals surface area contributed by atoms with Crippen LogP contribution in [0.3, 0.4) is 0 Å². The number of aromatic amines is 4. The second-order valence-electron chi connectivity index (χ2n) is 27.7. The van der Waals surface area contributed by atoms with E-state index in [1.165, 1.54) is 97.1 Å². The highest BCUT2D eigenvalue weighted by molar-refractivity contribution is 7.87. The second kappa shape index (κ2) is 28.0. The van der Waals surface area contributed by atoms with Crippen LogP contribution in [0.5, 0.6) is 0 Å². The normalized spacial score (nSPS) is 15.1. The SMILES string of the molecule is O=S(=O)(O)c1ccc(-c2c3nc(c(-c4ccc(S(=O)(=O)O)cc4)c4ccc([nH]4)c(-c4ccc(S(=O)(=O)O)cc4)c4nc(c(CC5CCC(c6c7nc(c(-c8ccc(S(=O)(=O)O)cc8)c8ccc([nH]8)c(-c8ccc(S(=O)(=O)O)cc8)c8nc(c(-c9ccc(S(=O)(=O)O)cc9)c9ccc6[nH]9)C=C8)C=C7)C5)c5ccc2[nH]5)C=C4)C=C3)cc1. The molecule has 1 fully saturated rings. The van der Waals surface area contributed by atoms with Gasteiger partial charge in [-0.25, -0.2) is 19.9 Å². The Bertz CT molecular complexity index is 7220. The summed E-state index contributed by atoms with van der Waals surface area (Å²) in [6.45, 7) is 0. The molecule has 4 aliphatic heterocycles. The van der Waals surface area contributed by atoms with E-state index in [1.54, 1.807) is 97.1 Å². The summed E-state index contributed by atoms with van der Waals surface area (Å²) in [7, 11) is -27.8. The average molecular weight is 1640 g/mol. The summed E-state index contributed by atoms with van der Waals surface area (Å²) in [6.07, 6.45) is 16.7. The first kappa shape index (κ1) is 74.7. The molecule has 5 aliphatic rings. The fourth-order valence-corrected chi connectivity index (χ4v) is 18.4. The molecule has 12 aromatic rings. The number of hydrogen-bond donors (Lipinski definition) is 10. The maximum Gasteiger partial charge on any atom is 0.294 e. The van der Waals surface area contributed by atoms with Crippen LogP contribution in [0.15, 0.2) is 223 Å². The zero-order chi connectivity index (χ0) is 79.7. The van der Waals surface area contributed by atoms with Gasteiger partial charge in [0.2, 0.25) is 0 Å². The largest absolute Gasteiger partial charge is 0.355 e. The lowest BCUT2D eigenvalue weighted by Gasteiger charge is -2.14. The van der Waals surface area contributed by atoms with Crippen molar-refractivity contribution in [2.24, 2.45) is 5.92 Å². The highest BCUT2D eigenvalue weighted by atomic mass is 32.2. The molecule has 1 saturated carbocycles. The van der Waals surface area contributed by atoms with Gasteiger partial charge in [-0.3, -0.25) is 27.3 Å². The molecule has 114 heavy (non-hydrogen) atoms. The lowest BCUT2D eigenvalue weighted by molar-refractivity contribution is 0.481. The number of nitrogens with zero attached hydrogens (tertiary/aromatic N) is 4. The van der Waals surface area contributed by atoms with Crippen molar-refractivity contribution < 1.29 is 77.8 Å². The minimum absolute atomic E-state index is 0.108. The van der Waals surface area contributed by atoms with E-state index in [-0.39, 0.29) is 41.2 Å². The molecular weight excluding hydrogens is 1580 g/mol. The van der Waals surface area contributed by atoms with Crippen LogP contribution in [-0.2, 0) is 67.1 Å². The molecule has 32 heteroatoms. The summed E-state index contributed by atoms with van der Waals surface area (Å²) >= 11 is 0. The Morgan fingerprint density at radius 3 is 0.737 bits per heavy atom. The Labute approximate surface area is 651 Å². The smallest absolute Gasteiger partial charge is 0.294 e. The van der Waals surface area contributed by atoms with E-state index in [4.69, 9.17) is 19.9 Å². The molecule has 1 aliphatic carbocycles. The van der Waals surface area contributed by atoms with E-state index in [9.17, 15) is 77.8 Å². The number of nitrogens with one attached hydrogen (secondary N) is 4. The van der Waals surface area contributed by atoms with Gasteiger partial charge in [0.05, 0.1) is 74.9 Å². The van der Waals surface area contributed by atoms with E-state index < -0.39 is 60.7 Å². The number of H-pyrrole nitrogens is 4. The van der Waals surface area contributed by atoms with Gasteiger partial charge in [0.1, 0.15) is 0 Å². The maximum absolute atomic E-state index is 12.5. The van der Waals surface area contributed by atoms with Gasteiger partial charge >= 0.3 is 0 Å². The molecule has 26 nitrogen and oxygen atoms in total. The molecule has 2 atom stereocenters. The standard InChI is InChI=1S/C82H60N8O18S6/c91-109(92,93)53-15-3-46(4-16-53)76-62-29-27-60(83-62)59(61-28-30-63(84-61)77(47-5-17-54(18-6-47)110(94,95)96)65-32-34-67(86-65)78(66-33-31-64(76)85-66)48-7-19-55(20-8-48)111(97,98)99)44-45-1-2-52(43-45)82-74-41-39-72(89-74)80(50-11-23-57(24-12-50)113(103,104)105)70-37-35-68(87-70)79(49-9-21-56(22-10-49)112(100,101)102)69-36-38-71(88-69)81(73-40-42-75(82)90-73)51-13-25-58(26-14-51)114(106,107)108/h3-42,45,52,83,86-87,90H,1-2,43-44H2,(H,91,92,93)(H,94,95,96)(H,97,98,99)(H,100,101,102)(H,103,104,105)(H,106,107,108). The van der Waals surface area contributed by atoms with Crippen LogP contribution < -0.4 is 0 Å². The van der Waals surface area contributed by atoms with Gasteiger partial charge in [-0.2, -0.15) is 50.5 Å². The lowest BCUT2D eigenvalue weighted by Crippen LogP contribution is -2.04. The number of fused-ring (bicyclic) bond motifs is 16. The summed E-state index contributed by atoms with van der Waals surface area (Å²) in [4.78, 5) is 33.8. The van der Waals surface area contributed by atoms with Gasteiger partial charge in [-0.15, -0.1) is 0 Å². The summed E-state index contributed by atoms with van der Waals surface area (Å²) in [5.41, 5.74) is 15.2. The van der Waals surface area contributed by atoms with Gasteiger partial charge in [-0.1, -0.05) is 72.8 Å². The fraction of sp³-hybridized carbons (Fsp3) is 0.0732. The van der Waals surface area contributed by atoms with Crippen molar-refractivity contribution in [3.63, 3.8) is 0 Å². The Hall–Kier alpha value is -12.0. The number of benzene rings is 6. The van der Waals surface area contributed by atoms with Crippen molar-refractivity contribution in [1.29, 1.82) is 0 Å². The molecule has 0 radical (unpaired) electrons. The predicted octanol–water partition coefficient (Wildman–Crippen LogP) is 16.2. The van der Waals surface area contributed by atoms with Gasteiger partial charge < -0.3 is 19.9 Å². The van der Waals surface area contributed by atoms with E-state index in [0.29, 0.717) is 182 Å². The van der Waals surface area contributed by atoms with Gasteiger partial charge in [0.25, 0.3) is 60.7 Å². The summed E-state index contributed by atoms with van der Waals surface area (Å²) in [6, 6.07) is 48.4. The lowest BCUT2D eigenvalue weighted by atomic mass is 9.92. The van der Waals surface area contributed by atoms with E-state index in [1.807, 2.05) is 48.6 Å². The van der Waals surface area contributed by atoms with E-state index in [2.05, 4.69) is 19.9 Å². The molecule has 6 aromatic carbocycles. The van der Waals surface area contributed by atoms with Crippen molar-refractivity contribution in [2.75, 3.05) is 0 Å². The molecule has 17 rings (SSSR count). The Balaban J connectivity index is 0.879. The second-order valence-corrected chi connectivity index (χ2v) is 36.3. The highest BCUT2D eigenvalue weighted by Crippen LogP contribution is 2.47. The topological polar surface area (TPSA) is 441 Å². The first-order valence-electron chi connectivity index (χ1n) is 35.0. The van der Waals surface area contributed by atoms with Gasteiger partial charge in [0, 0.05) is 88.6 Å². The zero-order valence-corrected chi connectivity index (χ0v) is 63.8. The van der Waals surface area contributed by atoms with E-state index >= 15 is 0 Å². The Morgan fingerprint density at radius 1 is 0.254 bits per heavy atom. The predicted molar refractivity (Wildman–Crippen MR) is 433 cm³/mol. The van der Waals surface area contributed by atoms with Crippen molar-refractivity contribution in [3.8, 4) is 66.8 Å². The minimum atomic E-state index is -4.64. The van der Waals surface area contributed by atoms with Crippen LogP contribution >= 0.6 is 0 Å². The van der Waals surface area contributed by atoms with Crippen LogP contribution in [0.2, 0.25) is 0 Å². The molecule has 10 heterocycles. The van der Waals surface area contributed by atoms with E-state index in [0.717, 1.165) is 11.1 Å². The molecular formula is C82H60N8O18S6. The third-order valence-electron chi connectivity index (χ3n) is 20.7. The van der Waals surface area contributed by atoms with Gasteiger partial charge in [0.15, 0.2) is 0 Å². The quantitative estimate of drug-likeness (QED) is 0.0426. The van der Waals surface area contributed by atoms with Crippen LogP contribution in [0.1, 0.15) is 81.9 Å². The molecule has 6 aromatic heterocycles. The van der Waals surface area contributed by atoms with Crippen molar-refractivity contribution in [1.82, 2.24) is 39.9 Å². The number of rotatable bonds is 15. The first-order valence-corrected chi connectivity index (χ1v) is 43.6. The molecule has 2 unspecified atom stereocenters. The maximum atomic E-state index is 12.5.